The van der Waals surface area contributed by atoms with E-state index < -0.39 is 0 Å². The summed E-state index contributed by atoms with van der Waals surface area (Å²) in [6.07, 6.45) is 7.36. The number of fused-ring (bicyclic) bond motifs is 1. The Morgan fingerprint density at radius 3 is 2.57 bits per heavy atom. The van der Waals surface area contributed by atoms with Crippen LogP contribution in [0.1, 0.15) is 71.8 Å². The maximum atomic E-state index is 11.2. The summed E-state index contributed by atoms with van der Waals surface area (Å²) in [7, 11) is 0. The average molecular weight is 415 g/mol. The first-order chi connectivity index (χ1) is 14.5. The predicted molar refractivity (Wildman–Crippen MR) is 116 cm³/mol. The number of aromatic nitrogens is 2. The summed E-state index contributed by atoms with van der Waals surface area (Å²) in [5, 5.41) is 0. The van der Waals surface area contributed by atoms with Gasteiger partial charge in [0, 0.05) is 25.1 Å². The quantitative estimate of drug-likeness (QED) is 0.542. The summed E-state index contributed by atoms with van der Waals surface area (Å²) in [5.41, 5.74) is 2.08. The van der Waals surface area contributed by atoms with Gasteiger partial charge in [0.05, 0.1) is 23.7 Å². The molecule has 164 valence electrons. The smallest absolute Gasteiger partial charge is 0.297 e. The highest BCUT2D eigenvalue weighted by Gasteiger charge is 2.31. The molecule has 1 aromatic carbocycles. The van der Waals surface area contributed by atoms with Crippen LogP contribution >= 0.6 is 0 Å². The number of ketones is 1. The zero-order valence-electron chi connectivity index (χ0n) is 18.4. The minimum absolute atomic E-state index is 0.181. The van der Waals surface area contributed by atoms with Gasteiger partial charge in [0.1, 0.15) is 17.6 Å². The second-order valence-corrected chi connectivity index (χ2v) is 8.94. The Labute approximate surface area is 178 Å². The monoisotopic (exact) mass is 414 g/mol. The van der Waals surface area contributed by atoms with E-state index in [4.69, 9.17) is 19.2 Å². The third kappa shape index (κ3) is 5.15. The fraction of sp³-hybridized carbons (Fsp3) is 0.667. The van der Waals surface area contributed by atoms with Crippen molar-refractivity contribution in [1.29, 1.82) is 0 Å². The van der Waals surface area contributed by atoms with E-state index in [1.807, 2.05) is 19.1 Å². The van der Waals surface area contributed by atoms with Crippen LogP contribution < -0.4 is 9.47 Å². The third-order valence-corrected chi connectivity index (χ3v) is 6.00. The number of benzene rings is 1. The van der Waals surface area contributed by atoms with E-state index in [0.717, 1.165) is 48.5 Å². The summed E-state index contributed by atoms with van der Waals surface area (Å²) in [4.78, 5) is 16.0. The molecule has 6 nitrogen and oxygen atoms in total. The van der Waals surface area contributed by atoms with Gasteiger partial charge in [0.15, 0.2) is 0 Å². The van der Waals surface area contributed by atoms with Crippen molar-refractivity contribution in [3.8, 4) is 11.8 Å². The molecule has 0 unspecified atom stereocenters. The van der Waals surface area contributed by atoms with E-state index in [0.29, 0.717) is 25.7 Å². The molecule has 0 saturated heterocycles. The van der Waals surface area contributed by atoms with Crippen LogP contribution in [0, 0.1) is 5.92 Å². The van der Waals surface area contributed by atoms with Gasteiger partial charge in [-0.1, -0.05) is 6.92 Å². The molecule has 2 aromatic rings. The molecule has 2 saturated carbocycles. The van der Waals surface area contributed by atoms with Gasteiger partial charge in [0.25, 0.3) is 6.01 Å². The van der Waals surface area contributed by atoms with Gasteiger partial charge in [-0.05, 0) is 70.4 Å². The van der Waals surface area contributed by atoms with Crippen LogP contribution in [0.4, 0.5) is 0 Å². The molecule has 2 fully saturated rings. The highest BCUT2D eigenvalue weighted by molar-refractivity contribution is 5.79. The van der Waals surface area contributed by atoms with Gasteiger partial charge in [-0.2, -0.15) is 4.98 Å². The number of rotatable bonds is 10. The van der Waals surface area contributed by atoms with Gasteiger partial charge in [0.2, 0.25) is 0 Å². The lowest BCUT2D eigenvalue weighted by atomic mass is 9.95. The Morgan fingerprint density at radius 1 is 1.17 bits per heavy atom. The molecule has 2 aliphatic rings. The summed E-state index contributed by atoms with van der Waals surface area (Å²) in [5.74, 6) is 1.40. The second-order valence-electron chi connectivity index (χ2n) is 8.94. The summed E-state index contributed by atoms with van der Waals surface area (Å²) in [6, 6.07) is 7.34. The molecule has 2 aliphatic carbocycles. The van der Waals surface area contributed by atoms with Crippen molar-refractivity contribution >= 4 is 16.8 Å². The standard InChI is InChI=1S/C24H34N2O4/c1-4-28-21-11-12-22-23(14-21)26(18-5-6-18)24(25-22)30-20-9-7-19(8-10-20)29-15-16(2)13-17(3)27/h11-12,14,16,18-20H,4-10,13,15H2,1-3H3/t16-,19?,20?/m1/s1. The number of Topliss-reactive ketones (excluding diaryl/α,β-unsaturated/α-hetero) is 1. The number of hydrogen-bond donors (Lipinski definition) is 0. The molecular weight excluding hydrogens is 380 g/mol. The molecule has 30 heavy (non-hydrogen) atoms. The van der Waals surface area contributed by atoms with Crippen molar-refractivity contribution in [3.63, 3.8) is 0 Å². The van der Waals surface area contributed by atoms with Crippen molar-refractivity contribution in [2.75, 3.05) is 13.2 Å². The predicted octanol–water partition coefficient (Wildman–Crippen LogP) is 5.09. The second kappa shape index (κ2) is 9.38. The molecular formula is C24H34N2O4. The molecule has 0 aliphatic heterocycles. The summed E-state index contributed by atoms with van der Waals surface area (Å²) >= 11 is 0. The van der Waals surface area contributed by atoms with Gasteiger partial charge >= 0.3 is 0 Å². The molecule has 1 atom stereocenters. The highest BCUT2D eigenvalue weighted by atomic mass is 16.5. The molecule has 6 heteroatoms. The molecule has 0 bridgehead atoms. The lowest BCUT2D eigenvalue weighted by Gasteiger charge is -2.29. The first-order valence-electron chi connectivity index (χ1n) is 11.5. The summed E-state index contributed by atoms with van der Waals surface area (Å²) < 4.78 is 20.4. The summed E-state index contributed by atoms with van der Waals surface area (Å²) in [6.45, 7) is 7.04. The third-order valence-electron chi connectivity index (χ3n) is 6.00. The maximum absolute atomic E-state index is 11.2. The molecule has 1 heterocycles. The highest BCUT2D eigenvalue weighted by Crippen LogP contribution is 2.42. The number of hydrogen-bond acceptors (Lipinski definition) is 5. The van der Waals surface area contributed by atoms with Crippen LogP contribution in [0.2, 0.25) is 0 Å². The number of carbonyl (C=O) groups excluding carboxylic acids is 1. The fourth-order valence-electron chi connectivity index (χ4n) is 4.39. The lowest BCUT2D eigenvalue weighted by molar-refractivity contribution is -0.118. The number of nitrogens with zero attached hydrogens (tertiary/aromatic N) is 2. The van der Waals surface area contributed by atoms with Crippen LogP contribution in [0.25, 0.3) is 11.0 Å². The minimum atomic E-state index is 0.181. The van der Waals surface area contributed by atoms with Crippen molar-refractivity contribution in [2.45, 2.75) is 84.0 Å². The average Bonchev–Trinajstić information content (AvgIpc) is 3.48. The van der Waals surface area contributed by atoms with Crippen molar-refractivity contribution in [1.82, 2.24) is 9.55 Å². The first kappa shape index (κ1) is 21.2. The molecule has 0 spiro atoms. The van der Waals surface area contributed by atoms with Crippen LogP contribution in [0.15, 0.2) is 18.2 Å². The minimum Gasteiger partial charge on any atom is -0.494 e. The molecule has 0 amide bonds. The topological polar surface area (TPSA) is 62.6 Å². The maximum Gasteiger partial charge on any atom is 0.297 e. The molecule has 4 rings (SSSR count). The van der Waals surface area contributed by atoms with Crippen LogP contribution in [-0.2, 0) is 9.53 Å². The van der Waals surface area contributed by atoms with Gasteiger partial charge in [-0.15, -0.1) is 0 Å². The fourth-order valence-corrected chi connectivity index (χ4v) is 4.39. The molecule has 0 radical (unpaired) electrons. The van der Waals surface area contributed by atoms with Gasteiger partial charge in [-0.3, -0.25) is 4.57 Å². The Hall–Kier alpha value is -2.08. The van der Waals surface area contributed by atoms with Crippen molar-refractivity contribution in [2.24, 2.45) is 5.92 Å². The molecule has 1 aromatic heterocycles. The lowest BCUT2D eigenvalue weighted by Crippen LogP contribution is -2.30. The van der Waals surface area contributed by atoms with E-state index >= 15 is 0 Å². The van der Waals surface area contributed by atoms with E-state index in [1.54, 1.807) is 6.92 Å². The van der Waals surface area contributed by atoms with E-state index in [1.165, 1.54) is 12.8 Å². The Bertz CT molecular complexity index is 865. The van der Waals surface area contributed by atoms with Crippen molar-refractivity contribution < 1.29 is 19.0 Å². The van der Waals surface area contributed by atoms with E-state index in [-0.39, 0.29) is 23.9 Å². The Kier molecular flexibility index (Phi) is 6.61. The molecule has 0 N–H and O–H groups in total. The van der Waals surface area contributed by atoms with E-state index in [9.17, 15) is 4.79 Å². The van der Waals surface area contributed by atoms with Gasteiger partial charge < -0.3 is 19.0 Å². The Balaban J connectivity index is 1.36. The van der Waals surface area contributed by atoms with E-state index in [2.05, 4.69) is 17.6 Å². The number of carbonyl (C=O) groups is 1. The van der Waals surface area contributed by atoms with Crippen LogP contribution in [-0.4, -0.2) is 40.8 Å². The zero-order chi connectivity index (χ0) is 21.1. The van der Waals surface area contributed by atoms with Crippen LogP contribution in [0.3, 0.4) is 0 Å². The zero-order valence-corrected chi connectivity index (χ0v) is 18.4. The van der Waals surface area contributed by atoms with Gasteiger partial charge in [-0.25, -0.2) is 0 Å². The number of imidazole rings is 1. The first-order valence-corrected chi connectivity index (χ1v) is 11.5. The largest absolute Gasteiger partial charge is 0.494 e. The normalized spacial score (nSPS) is 22.8. The van der Waals surface area contributed by atoms with Crippen molar-refractivity contribution in [3.05, 3.63) is 18.2 Å². The SMILES string of the molecule is CCOc1ccc2nc(OC3CCC(OC[C@H](C)CC(C)=O)CC3)n(C3CC3)c2c1. The Morgan fingerprint density at radius 2 is 1.90 bits per heavy atom. The number of ether oxygens (including phenoxy) is 3. The van der Waals surface area contributed by atoms with Crippen LogP contribution in [0.5, 0.6) is 11.8 Å².